The molecule has 19 heavy (non-hydrogen) atoms. The van der Waals surface area contributed by atoms with E-state index in [-0.39, 0.29) is 29.4 Å². The van der Waals surface area contributed by atoms with Gasteiger partial charge in [-0.2, -0.15) is 0 Å². The maximum Gasteiger partial charge on any atom is 0.223 e. The van der Waals surface area contributed by atoms with E-state index < -0.39 is 9.84 Å². The summed E-state index contributed by atoms with van der Waals surface area (Å²) in [6, 6.07) is -0.0708. The Hall–Kier alpha value is -0.660. The molecule has 3 fully saturated rings. The molecule has 1 amide bonds. The molecule has 3 aliphatic heterocycles. The predicted molar refractivity (Wildman–Crippen MR) is 69.5 cm³/mol. The lowest BCUT2D eigenvalue weighted by Gasteiger charge is -2.30. The van der Waals surface area contributed by atoms with E-state index in [0.29, 0.717) is 13.0 Å². The molecule has 108 valence electrons. The summed E-state index contributed by atoms with van der Waals surface area (Å²) in [5, 5.41) is 0. The molecule has 2 unspecified atom stereocenters. The van der Waals surface area contributed by atoms with Crippen molar-refractivity contribution in [2.45, 2.75) is 12.5 Å². The lowest BCUT2D eigenvalue weighted by molar-refractivity contribution is -0.129. The first-order chi connectivity index (χ1) is 9.05. The minimum Gasteiger partial charge on any atom is -0.379 e. The van der Waals surface area contributed by atoms with E-state index in [9.17, 15) is 13.2 Å². The maximum absolute atomic E-state index is 12.0. The minimum absolute atomic E-state index is 0.0298. The molecule has 0 spiro atoms. The molecule has 6 nitrogen and oxygen atoms in total. The number of carbonyl (C=O) groups is 1. The van der Waals surface area contributed by atoms with Crippen LogP contribution in [0.1, 0.15) is 6.42 Å². The Morgan fingerprint density at radius 1 is 1.16 bits per heavy atom. The van der Waals surface area contributed by atoms with Crippen LogP contribution < -0.4 is 0 Å². The molecule has 3 rings (SSSR count). The van der Waals surface area contributed by atoms with Crippen molar-refractivity contribution in [3.05, 3.63) is 0 Å². The average molecular weight is 288 g/mol. The van der Waals surface area contributed by atoms with E-state index in [2.05, 4.69) is 4.90 Å². The smallest absolute Gasteiger partial charge is 0.223 e. The molecule has 0 aromatic carbocycles. The van der Waals surface area contributed by atoms with Crippen LogP contribution in [0.25, 0.3) is 0 Å². The van der Waals surface area contributed by atoms with Crippen LogP contribution in [0.3, 0.4) is 0 Å². The van der Waals surface area contributed by atoms with Crippen molar-refractivity contribution in [1.82, 2.24) is 9.80 Å². The normalized spacial score (nSPS) is 34.7. The Bertz CT molecular complexity index is 458. The van der Waals surface area contributed by atoms with Gasteiger partial charge in [-0.25, -0.2) is 8.42 Å². The number of amides is 1. The van der Waals surface area contributed by atoms with Crippen LogP contribution in [-0.4, -0.2) is 81.1 Å². The van der Waals surface area contributed by atoms with Crippen LogP contribution in [0, 0.1) is 5.92 Å². The van der Waals surface area contributed by atoms with Crippen LogP contribution in [0.2, 0.25) is 0 Å². The number of morpholine rings is 1. The van der Waals surface area contributed by atoms with Gasteiger partial charge in [-0.05, 0) is 0 Å². The quantitative estimate of drug-likeness (QED) is 0.664. The molecule has 3 heterocycles. The average Bonchev–Trinajstić information content (AvgIpc) is 2.79. The van der Waals surface area contributed by atoms with Crippen molar-refractivity contribution in [3.8, 4) is 0 Å². The van der Waals surface area contributed by atoms with E-state index in [1.54, 1.807) is 4.90 Å². The van der Waals surface area contributed by atoms with Gasteiger partial charge in [-0.1, -0.05) is 0 Å². The fourth-order valence-corrected chi connectivity index (χ4v) is 5.43. The number of hydrogen-bond donors (Lipinski definition) is 0. The summed E-state index contributed by atoms with van der Waals surface area (Å²) in [4.78, 5) is 16.0. The molecule has 0 N–H and O–H groups in total. The first kappa shape index (κ1) is 13.3. The second-order valence-electron chi connectivity index (χ2n) is 5.65. The summed E-state index contributed by atoms with van der Waals surface area (Å²) in [6.07, 6.45) is 0.410. The highest BCUT2D eigenvalue weighted by Gasteiger charge is 2.48. The largest absolute Gasteiger partial charge is 0.379 e. The highest BCUT2D eigenvalue weighted by Crippen LogP contribution is 2.33. The topological polar surface area (TPSA) is 66.9 Å². The van der Waals surface area contributed by atoms with Crippen LogP contribution >= 0.6 is 0 Å². The molecule has 0 aromatic rings. The van der Waals surface area contributed by atoms with Crippen molar-refractivity contribution < 1.29 is 17.9 Å². The number of ether oxygens (including phenoxy) is 1. The van der Waals surface area contributed by atoms with Crippen LogP contribution in [0.4, 0.5) is 0 Å². The molecule has 7 heteroatoms. The third kappa shape index (κ3) is 2.78. The van der Waals surface area contributed by atoms with E-state index in [0.717, 1.165) is 32.8 Å². The number of carbonyl (C=O) groups excluding carboxylic acids is 1. The van der Waals surface area contributed by atoms with Crippen LogP contribution in [-0.2, 0) is 19.4 Å². The highest BCUT2D eigenvalue weighted by atomic mass is 32.2. The van der Waals surface area contributed by atoms with Crippen molar-refractivity contribution in [2.24, 2.45) is 5.92 Å². The molecule has 0 radical (unpaired) electrons. The molecular formula is C12H20N2O4S. The van der Waals surface area contributed by atoms with Crippen molar-refractivity contribution in [3.63, 3.8) is 0 Å². The number of likely N-dealkylation sites (tertiary alicyclic amines) is 1. The summed E-state index contributed by atoms with van der Waals surface area (Å²) in [5.41, 5.74) is 0. The van der Waals surface area contributed by atoms with Crippen molar-refractivity contribution in [1.29, 1.82) is 0 Å². The van der Waals surface area contributed by atoms with E-state index in [1.807, 2.05) is 0 Å². The second kappa shape index (κ2) is 5.03. The zero-order chi connectivity index (χ0) is 13.5. The third-order valence-electron chi connectivity index (χ3n) is 4.36. The fourth-order valence-electron chi connectivity index (χ4n) is 3.33. The summed E-state index contributed by atoms with van der Waals surface area (Å²) >= 11 is 0. The molecular weight excluding hydrogens is 268 g/mol. The van der Waals surface area contributed by atoms with Crippen LogP contribution in [0.5, 0.6) is 0 Å². The van der Waals surface area contributed by atoms with Gasteiger partial charge < -0.3 is 9.64 Å². The zero-order valence-electron chi connectivity index (χ0n) is 11.0. The van der Waals surface area contributed by atoms with E-state index in [1.165, 1.54) is 0 Å². The third-order valence-corrected chi connectivity index (χ3v) is 6.14. The molecule has 0 bridgehead atoms. The van der Waals surface area contributed by atoms with Gasteiger partial charge in [-0.15, -0.1) is 0 Å². The molecule has 2 atom stereocenters. The lowest BCUT2D eigenvalue weighted by Crippen LogP contribution is -2.44. The Morgan fingerprint density at radius 2 is 1.89 bits per heavy atom. The SMILES string of the molecule is O=C1CC2CS(=O)(=O)CC2N1CCN1CCOCC1. The summed E-state index contributed by atoms with van der Waals surface area (Å²) in [5.74, 6) is 0.504. The van der Waals surface area contributed by atoms with Gasteiger partial charge in [-0.3, -0.25) is 9.69 Å². The fraction of sp³-hybridized carbons (Fsp3) is 0.917. The maximum atomic E-state index is 12.0. The van der Waals surface area contributed by atoms with Gasteiger partial charge in [0.1, 0.15) is 0 Å². The van der Waals surface area contributed by atoms with Crippen molar-refractivity contribution in [2.75, 3.05) is 50.9 Å². The predicted octanol–water partition coefficient (Wildman–Crippen LogP) is -1.04. The lowest BCUT2D eigenvalue weighted by atomic mass is 10.1. The molecule has 0 aromatic heterocycles. The molecule has 3 saturated heterocycles. The summed E-state index contributed by atoms with van der Waals surface area (Å²) in [7, 11) is -2.93. The van der Waals surface area contributed by atoms with Gasteiger partial charge >= 0.3 is 0 Å². The van der Waals surface area contributed by atoms with Gasteiger partial charge in [0.2, 0.25) is 5.91 Å². The molecule has 3 aliphatic rings. The number of fused-ring (bicyclic) bond motifs is 1. The Labute approximate surface area is 113 Å². The van der Waals surface area contributed by atoms with E-state index >= 15 is 0 Å². The highest BCUT2D eigenvalue weighted by molar-refractivity contribution is 7.91. The first-order valence-corrected chi connectivity index (χ1v) is 8.67. The van der Waals surface area contributed by atoms with Crippen LogP contribution in [0.15, 0.2) is 0 Å². The number of sulfone groups is 1. The minimum atomic E-state index is -2.93. The molecule has 0 saturated carbocycles. The number of rotatable bonds is 3. The Kier molecular flexibility index (Phi) is 3.53. The molecule has 0 aliphatic carbocycles. The number of nitrogens with zero attached hydrogens (tertiary/aromatic N) is 2. The van der Waals surface area contributed by atoms with E-state index in [4.69, 9.17) is 4.74 Å². The number of hydrogen-bond acceptors (Lipinski definition) is 5. The van der Waals surface area contributed by atoms with Gasteiger partial charge in [0.25, 0.3) is 0 Å². The summed E-state index contributed by atoms with van der Waals surface area (Å²) in [6.45, 7) is 4.75. The van der Waals surface area contributed by atoms with Gasteiger partial charge in [0, 0.05) is 44.6 Å². The zero-order valence-corrected chi connectivity index (χ0v) is 11.8. The standard InChI is InChI=1S/C12H20N2O4S/c15-12-7-10-8-19(16,17)9-11(10)14(12)2-1-13-3-5-18-6-4-13/h10-11H,1-9H2. The van der Waals surface area contributed by atoms with Crippen molar-refractivity contribution >= 4 is 15.7 Å². The first-order valence-electron chi connectivity index (χ1n) is 6.85. The van der Waals surface area contributed by atoms with Gasteiger partial charge in [0.05, 0.1) is 24.7 Å². The summed E-state index contributed by atoms with van der Waals surface area (Å²) < 4.78 is 28.6. The Morgan fingerprint density at radius 3 is 2.63 bits per heavy atom. The Balaban J connectivity index is 1.59. The van der Waals surface area contributed by atoms with Gasteiger partial charge in [0.15, 0.2) is 9.84 Å². The monoisotopic (exact) mass is 288 g/mol. The second-order valence-corrected chi connectivity index (χ2v) is 7.80.